The minimum atomic E-state index is -2.86. The van der Waals surface area contributed by atoms with Crippen LogP contribution in [0.4, 0.5) is 0 Å². The first-order valence-electron chi connectivity index (χ1n) is 9.47. The van der Waals surface area contributed by atoms with Gasteiger partial charge in [0, 0.05) is 24.8 Å². The molecule has 0 aliphatic rings. The molecule has 23 nitrogen and oxygen atoms in total. The molecular weight excluding hydrogens is 580 g/mol. The van der Waals surface area contributed by atoms with Gasteiger partial charge in [-0.1, -0.05) is 0 Å². The lowest BCUT2D eigenvalue weighted by Crippen LogP contribution is -2.48. The molecular formula is C18H30N2O21. The van der Waals surface area contributed by atoms with Crippen LogP contribution in [-0.4, -0.2) is 122 Å². The highest BCUT2D eigenvalue weighted by Crippen LogP contribution is 2.17. The van der Waals surface area contributed by atoms with Crippen LogP contribution in [0.5, 0.6) is 0 Å². The van der Waals surface area contributed by atoms with Gasteiger partial charge in [-0.15, -0.1) is 0 Å². The van der Waals surface area contributed by atoms with Gasteiger partial charge in [-0.05, 0) is 0 Å². The lowest BCUT2D eigenvalue weighted by molar-refractivity contribution is -0.314. The molecule has 0 aliphatic carbocycles. The minimum absolute atomic E-state index is 0. The summed E-state index contributed by atoms with van der Waals surface area (Å²) in [7, 11) is 0. The van der Waals surface area contributed by atoms with Crippen molar-refractivity contribution in [3.8, 4) is 0 Å². The van der Waals surface area contributed by atoms with E-state index >= 15 is 0 Å². The molecule has 0 heterocycles. The van der Waals surface area contributed by atoms with Gasteiger partial charge in [-0.3, -0.25) is 19.2 Å². The molecule has 0 saturated heterocycles. The van der Waals surface area contributed by atoms with Crippen LogP contribution in [-0.2, 0) is 43.2 Å². The van der Waals surface area contributed by atoms with E-state index in [9.17, 15) is 53.4 Å². The maximum Gasteiger partial charge on any atom is 0.336 e. The number of carbonyl (C=O) groups excluding carboxylic acids is 2. The number of aliphatic hydroxyl groups is 3. The van der Waals surface area contributed by atoms with Crippen LogP contribution in [0.1, 0.15) is 38.5 Å². The average molecular weight is 610 g/mol. The van der Waals surface area contributed by atoms with E-state index in [-0.39, 0.29) is 12.3 Å². The first kappa shape index (κ1) is 45.9. The maximum absolute atomic E-state index is 10.3. The summed E-state index contributed by atoms with van der Waals surface area (Å²) in [5, 5.41) is 105. The third kappa shape index (κ3) is 20.6. The van der Waals surface area contributed by atoms with Gasteiger partial charge in [0.05, 0.1) is 25.7 Å². The number of carbonyl (C=O) groups is 9. The second-order valence-electron chi connectivity index (χ2n) is 7.39. The number of quaternary nitrogens is 2. The third-order valence-electron chi connectivity index (χ3n) is 3.84. The molecule has 0 amide bonds. The molecule has 41 heavy (non-hydrogen) atoms. The van der Waals surface area contributed by atoms with E-state index in [4.69, 9.17) is 51.1 Å². The Morgan fingerprint density at radius 2 is 0.537 bits per heavy atom. The van der Waals surface area contributed by atoms with Crippen molar-refractivity contribution in [2.24, 2.45) is 0 Å². The highest BCUT2D eigenvalue weighted by Gasteiger charge is 2.41. The van der Waals surface area contributed by atoms with Gasteiger partial charge in [-0.2, -0.15) is 0 Å². The van der Waals surface area contributed by atoms with Crippen LogP contribution < -0.4 is 22.5 Å². The maximum atomic E-state index is 10.3. The largest absolute Gasteiger partial charge is 0.550 e. The molecule has 0 aliphatic heterocycles. The monoisotopic (exact) mass is 610 g/mol. The molecule has 0 aromatic heterocycles. The van der Waals surface area contributed by atoms with E-state index in [2.05, 4.69) is 0 Å². The quantitative estimate of drug-likeness (QED) is 0.0821. The van der Waals surface area contributed by atoms with Crippen molar-refractivity contribution in [1.82, 2.24) is 12.3 Å². The van der Waals surface area contributed by atoms with Gasteiger partial charge in [0.15, 0.2) is 16.8 Å². The normalized spacial score (nSPS) is 10.3. The third-order valence-corrected chi connectivity index (χ3v) is 3.84. The first-order chi connectivity index (χ1) is 17.3. The van der Waals surface area contributed by atoms with Crippen LogP contribution in [0.25, 0.3) is 0 Å². The van der Waals surface area contributed by atoms with Gasteiger partial charge in [0.25, 0.3) is 0 Å². The predicted molar refractivity (Wildman–Crippen MR) is 118 cm³/mol. The zero-order valence-electron chi connectivity index (χ0n) is 21.2. The number of hydrogen-bond donors (Lipinski definition) is 12. The Bertz CT molecular complexity index is 817. The van der Waals surface area contributed by atoms with E-state index in [1.165, 1.54) is 0 Å². The summed E-state index contributed by atoms with van der Waals surface area (Å²) in [5.74, 6) is -15.7. The molecule has 0 aromatic carbocycles. The molecule has 0 aromatic rings. The lowest BCUT2D eigenvalue weighted by Gasteiger charge is -2.23. The lowest BCUT2D eigenvalue weighted by atomic mass is 9.96. The van der Waals surface area contributed by atoms with Crippen molar-refractivity contribution < 1.29 is 104 Å². The smallest absolute Gasteiger partial charge is 0.336 e. The highest BCUT2D eigenvalue weighted by atomic mass is 16.4. The van der Waals surface area contributed by atoms with Crippen LogP contribution in [0.2, 0.25) is 0 Å². The standard InChI is InChI=1S/3C6H8O7.2H3N/c3*7-3(8)1-6(13,5(11)12)2-4(9)10;;/h3*13H,1-2H2,(H,7,8)(H,9,10)(H,11,12);2*1H3. The number of hydrogen-bond acceptors (Lipinski definition) is 14. The van der Waals surface area contributed by atoms with E-state index in [1.54, 1.807) is 0 Å². The van der Waals surface area contributed by atoms with Crippen molar-refractivity contribution in [1.29, 1.82) is 0 Å². The van der Waals surface area contributed by atoms with Crippen LogP contribution in [0.15, 0.2) is 0 Å². The van der Waals surface area contributed by atoms with Gasteiger partial charge < -0.3 is 83.2 Å². The van der Waals surface area contributed by atoms with Crippen molar-refractivity contribution in [2.45, 2.75) is 55.3 Å². The molecule has 0 radical (unpaired) electrons. The minimum Gasteiger partial charge on any atom is -0.550 e. The first-order valence-corrected chi connectivity index (χ1v) is 9.47. The van der Waals surface area contributed by atoms with Crippen LogP contribution >= 0.6 is 0 Å². The molecule has 18 N–H and O–H groups in total. The summed E-state index contributed by atoms with van der Waals surface area (Å²) < 4.78 is 0. The summed E-state index contributed by atoms with van der Waals surface area (Å²) in [6.45, 7) is 0. The summed E-state index contributed by atoms with van der Waals surface area (Å²) >= 11 is 0. The molecule has 0 spiro atoms. The summed E-state index contributed by atoms with van der Waals surface area (Å²) in [4.78, 5) is 91.1. The van der Waals surface area contributed by atoms with Gasteiger partial charge in [0.1, 0.15) is 0 Å². The Kier molecular flexibility index (Phi) is 21.4. The summed E-state index contributed by atoms with van der Waals surface area (Å²) in [6.07, 6.45) is -7.17. The topological polar surface area (TPSA) is 475 Å². The molecule has 0 unspecified atom stereocenters. The zero-order valence-corrected chi connectivity index (χ0v) is 21.2. The van der Waals surface area contributed by atoms with E-state index in [1.807, 2.05) is 0 Å². The van der Waals surface area contributed by atoms with Crippen LogP contribution in [0, 0.1) is 0 Å². The molecule has 0 atom stereocenters. The molecule has 23 heteroatoms. The number of carboxylic acids is 9. The van der Waals surface area contributed by atoms with Gasteiger partial charge in [-0.25, -0.2) is 14.4 Å². The molecule has 0 bridgehead atoms. The van der Waals surface area contributed by atoms with Crippen molar-refractivity contribution in [3.63, 3.8) is 0 Å². The fourth-order valence-electron chi connectivity index (χ4n) is 2.12. The average Bonchev–Trinajstić information content (AvgIpc) is 2.64. The predicted octanol–water partition coefficient (Wildman–Crippen LogP) is -5.66. The van der Waals surface area contributed by atoms with Crippen molar-refractivity contribution >= 4 is 53.7 Å². The van der Waals surface area contributed by atoms with Crippen LogP contribution in [0.3, 0.4) is 0 Å². The second kappa shape index (κ2) is 19.1. The number of aliphatic carboxylic acids is 9. The van der Waals surface area contributed by atoms with Gasteiger partial charge in [0.2, 0.25) is 0 Å². The SMILES string of the molecule is O=C(O)CC(O)(CC(=O)O)C(=O)O.O=C(O)CC(O)(CC(=O)O)C(=O)O.O=C([O-])CC(O)(CC(=O)[O-])C(=O)O.[NH4+].[NH4+]. The summed E-state index contributed by atoms with van der Waals surface area (Å²) in [6, 6.07) is 0. The van der Waals surface area contributed by atoms with Crippen molar-refractivity contribution in [2.75, 3.05) is 0 Å². The van der Waals surface area contributed by atoms with Gasteiger partial charge >= 0.3 is 41.8 Å². The van der Waals surface area contributed by atoms with E-state index in [0.717, 1.165) is 0 Å². The second-order valence-corrected chi connectivity index (χ2v) is 7.39. The van der Waals surface area contributed by atoms with E-state index in [0.29, 0.717) is 0 Å². The van der Waals surface area contributed by atoms with Crippen molar-refractivity contribution in [3.05, 3.63) is 0 Å². The fraction of sp³-hybridized carbons (Fsp3) is 0.500. The summed E-state index contributed by atoms with van der Waals surface area (Å²) in [5.41, 5.74) is -8.34. The number of carboxylic acid groups (broad SMARTS) is 9. The Labute approximate surface area is 226 Å². The Morgan fingerprint density at radius 1 is 0.390 bits per heavy atom. The molecule has 0 rings (SSSR count). The Balaban J connectivity index is -0.000000154. The van der Waals surface area contributed by atoms with E-state index < -0.39 is 109 Å². The fourth-order valence-corrected chi connectivity index (χ4v) is 2.12. The Morgan fingerprint density at radius 3 is 0.634 bits per heavy atom. The Hall–Kier alpha value is -4.97. The highest BCUT2D eigenvalue weighted by molar-refractivity contribution is 5.89. The molecule has 238 valence electrons. The number of rotatable bonds is 15. The zero-order chi connectivity index (χ0) is 31.9. The molecule has 0 fully saturated rings. The molecule has 0 saturated carbocycles.